The molecule has 27 heavy (non-hydrogen) atoms. The first-order chi connectivity index (χ1) is 13.0. The Kier molecular flexibility index (Phi) is 7.67. The van der Waals surface area contributed by atoms with Crippen LogP contribution in [0.4, 0.5) is 0 Å². The normalized spacial score (nSPS) is 11.6. The van der Waals surface area contributed by atoms with Crippen LogP contribution in [0, 0.1) is 0 Å². The van der Waals surface area contributed by atoms with Crippen molar-refractivity contribution >= 4 is 23.4 Å². The average molecular weight is 389 g/mol. The molecule has 1 N–H and O–H groups in total. The first kappa shape index (κ1) is 20.8. The number of hydrogen-bond acceptors (Lipinski definition) is 3. The maximum Gasteiger partial charge on any atom is 0.242 e. The molecule has 0 aromatic heterocycles. The fraction of sp³-hybridized carbons (Fsp3) is 0.333. The molecule has 5 nitrogen and oxygen atoms in total. The van der Waals surface area contributed by atoms with E-state index in [1.165, 1.54) is 0 Å². The molecule has 0 saturated carbocycles. The Labute approximate surface area is 165 Å². The number of methoxy groups -OCH3 is 1. The molecule has 0 saturated heterocycles. The number of likely N-dealkylation sites (N-methyl/N-ethyl adjacent to an activating group) is 1. The highest BCUT2D eigenvalue weighted by Crippen LogP contribution is 2.20. The molecule has 2 aromatic rings. The smallest absolute Gasteiger partial charge is 0.242 e. The molecule has 2 rings (SSSR count). The third-order valence-corrected chi connectivity index (χ3v) is 4.67. The van der Waals surface area contributed by atoms with E-state index < -0.39 is 6.04 Å². The minimum Gasteiger partial charge on any atom is -0.497 e. The van der Waals surface area contributed by atoms with E-state index in [0.717, 1.165) is 11.1 Å². The van der Waals surface area contributed by atoms with E-state index in [2.05, 4.69) is 5.32 Å². The number of nitrogens with one attached hydrogen (secondary N) is 1. The van der Waals surface area contributed by atoms with Crippen molar-refractivity contribution in [3.63, 3.8) is 0 Å². The van der Waals surface area contributed by atoms with Crippen molar-refractivity contribution in [2.75, 3.05) is 13.7 Å². The second-order valence-electron chi connectivity index (χ2n) is 6.21. The second-order valence-corrected chi connectivity index (χ2v) is 6.62. The van der Waals surface area contributed by atoms with Gasteiger partial charge in [-0.05, 0) is 43.2 Å². The molecule has 0 aliphatic rings. The summed E-state index contributed by atoms with van der Waals surface area (Å²) in [5, 5.41) is 3.32. The highest BCUT2D eigenvalue weighted by molar-refractivity contribution is 6.31. The van der Waals surface area contributed by atoms with Gasteiger partial charge in [0.25, 0.3) is 0 Å². The van der Waals surface area contributed by atoms with Crippen molar-refractivity contribution in [2.45, 2.75) is 32.9 Å². The molecule has 6 heteroatoms. The lowest BCUT2D eigenvalue weighted by Crippen LogP contribution is -2.48. The van der Waals surface area contributed by atoms with Crippen molar-refractivity contribution in [3.8, 4) is 5.75 Å². The third-order valence-electron chi connectivity index (χ3n) is 4.30. The van der Waals surface area contributed by atoms with Crippen molar-refractivity contribution < 1.29 is 14.3 Å². The molecule has 1 atom stereocenters. The Bertz CT molecular complexity index is 795. The number of rotatable bonds is 8. The maximum atomic E-state index is 13.0. The first-order valence-corrected chi connectivity index (χ1v) is 9.27. The van der Waals surface area contributed by atoms with E-state index in [1.807, 2.05) is 49.4 Å². The van der Waals surface area contributed by atoms with Crippen LogP contribution in [0.1, 0.15) is 25.0 Å². The number of carbonyl (C=O) groups excluding carboxylic acids is 2. The van der Waals surface area contributed by atoms with Gasteiger partial charge in [-0.25, -0.2) is 0 Å². The summed E-state index contributed by atoms with van der Waals surface area (Å²) in [5.74, 6) is 0.356. The Morgan fingerprint density at radius 3 is 2.59 bits per heavy atom. The summed E-state index contributed by atoms with van der Waals surface area (Å²) >= 11 is 6.20. The molecule has 2 aromatic carbocycles. The van der Waals surface area contributed by atoms with E-state index in [9.17, 15) is 9.59 Å². The number of amides is 2. The SMILES string of the molecule is CCNC(=O)[C@H](C)N(Cc1cccc(OC)c1)C(=O)Cc1ccccc1Cl. The van der Waals surface area contributed by atoms with Crippen LogP contribution in [-0.4, -0.2) is 36.4 Å². The van der Waals surface area contributed by atoms with Gasteiger partial charge in [-0.1, -0.05) is 41.9 Å². The molecule has 0 radical (unpaired) electrons. The Balaban J connectivity index is 2.26. The van der Waals surface area contributed by atoms with Gasteiger partial charge in [0.05, 0.1) is 13.5 Å². The quantitative estimate of drug-likeness (QED) is 0.753. The summed E-state index contributed by atoms with van der Waals surface area (Å²) in [6.45, 7) is 4.39. The van der Waals surface area contributed by atoms with Crippen molar-refractivity contribution in [2.24, 2.45) is 0 Å². The van der Waals surface area contributed by atoms with Crippen LogP contribution in [0.25, 0.3) is 0 Å². The number of benzene rings is 2. The lowest BCUT2D eigenvalue weighted by molar-refractivity contribution is -0.140. The third kappa shape index (κ3) is 5.73. The summed E-state index contributed by atoms with van der Waals surface area (Å²) in [6.07, 6.45) is 0.132. The van der Waals surface area contributed by atoms with Gasteiger partial charge < -0.3 is 15.0 Å². The van der Waals surface area contributed by atoms with E-state index in [1.54, 1.807) is 25.0 Å². The van der Waals surface area contributed by atoms with Crippen molar-refractivity contribution in [3.05, 3.63) is 64.7 Å². The van der Waals surface area contributed by atoms with Crippen LogP contribution < -0.4 is 10.1 Å². The van der Waals surface area contributed by atoms with Crippen LogP contribution in [0.2, 0.25) is 5.02 Å². The monoisotopic (exact) mass is 388 g/mol. The number of ether oxygens (including phenoxy) is 1. The molecular weight excluding hydrogens is 364 g/mol. The zero-order valence-electron chi connectivity index (χ0n) is 15.9. The molecule has 0 aliphatic carbocycles. The van der Waals surface area contributed by atoms with Crippen LogP contribution in [0.15, 0.2) is 48.5 Å². The van der Waals surface area contributed by atoms with Gasteiger partial charge in [0.2, 0.25) is 11.8 Å². The van der Waals surface area contributed by atoms with Crippen molar-refractivity contribution in [1.29, 1.82) is 0 Å². The second kappa shape index (κ2) is 9.97. The molecule has 0 heterocycles. The fourth-order valence-corrected chi connectivity index (χ4v) is 2.98. The number of carbonyl (C=O) groups is 2. The molecule has 0 fully saturated rings. The van der Waals surface area contributed by atoms with E-state index in [-0.39, 0.29) is 18.2 Å². The average Bonchev–Trinajstić information content (AvgIpc) is 2.67. The highest BCUT2D eigenvalue weighted by Gasteiger charge is 2.26. The summed E-state index contributed by atoms with van der Waals surface area (Å²) in [6, 6.07) is 14.1. The topological polar surface area (TPSA) is 58.6 Å². The summed E-state index contributed by atoms with van der Waals surface area (Å²) in [4.78, 5) is 27.0. The van der Waals surface area contributed by atoms with Gasteiger partial charge in [-0.3, -0.25) is 9.59 Å². The summed E-state index contributed by atoms with van der Waals surface area (Å²) < 4.78 is 5.25. The lowest BCUT2D eigenvalue weighted by Gasteiger charge is -2.29. The minimum atomic E-state index is -0.605. The van der Waals surface area contributed by atoms with Crippen LogP contribution in [0.5, 0.6) is 5.75 Å². The predicted octanol–water partition coefficient (Wildman–Crippen LogP) is 3.44. The standard InChI is InChI=1S/C21H25ClN2O3/c1-4-23-21(26)15(2)24(14-16-8-7-10-18(12-16)27-3)20(25)13-17-9-5-6-11-19(17)22/h5-12,15H,4,13-14H2,1-3H3,(H,23,26)/t15-/m0/s1. The van der Waals surface area contributed by atoms with E-state index in [0.29, 0.717) is 23.9 Å². The molecule has 0 aliphatic heterocycles. The molecule has 0 bridgehead atoms. The summed E-state index contributed by atoms with van der Waals surface area (Å²) in [5.41, 5.74) is 1.63. The van der Waals surface area contributed by atoms with Crippen molar-refractivity contribution in [1.82, 2.24) is 10.2 Å². The van der Waals surface area contributed by atoms with E-state index >= 15 is 0 Å². The molecular formula is C21H25ClN2O3. The minimum absolute atomic E-state index is 0.132. The number of halogens is 1. The van der Waals surface area contributed by atoms with E-state index in [4.69, 9.17) is 16.3 Å². The van der Waals surface area contributed by atoms with Crippen LogP contribution in [-0.2, 0) is 22.6 Å². The Morgan fingerprint density at radius 1 is 1.19 bits per heavy atom. The largest absolute Gasteiger partial charge is 0.497 e. The number of nitrogens with zero attached hydrogens (tertiary/aromatic N) is 1. The lowest BCUT2D eigenvalue weighted by atomic mass is 10.1. The Hall–Kier alpha value is -2.53. The van der Waals surface area contributed by atoms with Crippen LogP contribution >= 0.6 is 11.6 Å². The zero-order valence-corrected chi connectivity index (χ0v) is 16.6. The van der Waals surface area contributed by atoms with Gasteiger partial charge in [0.15, 0.2) is 0 Å². The van der Waals surface area contributed by atoms with Gasteiger partial charge in [0, 0.05) is 18.1 Å². The Morgan fingerprint density at radius 2 is 1.93 bits per heavy atom. The van der Waals surface area contributed by atoms with Gasteiger partial charge >= 0.3 is 0 Å². The number of hydrogen-bond donors (Lipinski definition) is 1. The zero-order chi connectivity index (χ0) is 19.8. The fourth-order valence-electron chi connectivity index (χ4n) is 2.78. The molecule has 144 valence electrons. The molecule has 0 spiro atoms. The first-order valence-electron chi connectivity index (χ1n) is 8.89. The summed E-state index contributed by atoms with van der Waals surface area (Å²) in [7, 11) is 1.59. The maximum absolute atomic E-state index is 13.0. The molecule has 2 amide bonds. The molecule has 0 unspecified atom stereocenters. The van der Waals surface area contributed by atoms with Gasteiger partial charge in [-0.2, -0.15) is 0 Å². The van der Waals surface area contributed by atoms with Gasteiger partial charge in [-0.15, -0.1) is 0 Å². The predicted molar refractivity (Wildman–Crippen MR) is 107 cm³/mol. The van der Waals surface area contributed by atoms with Crippen LogP contribution in [0.3, 0.4) is 0 Å². The highest BCUT2D eigenvalue weighted by atomic mass is 35.5. The van der Waals surface area contributed by atoms with Gasteiger partial charge in [0.1, 0.15) is 11.8 Å².